The third-order valence-corrected chi connectivity index (χ3v) is 7.70. The minimum Gasteiger partial charge on any atom is -0.307 e. The predicted molar refractivity (Wildman–Crippen MR) is 124 cm³/mol. The third-order valence-electron chi connectivity index (χ3n) is 5.93. The summed E-state index contributed by atoms with van der Waals surface area (Å²) >= 11 is 0. The van der Waals surface area contributed by atoms with Gasteiger partial charge in [-0.2, -0.15) is 0 Å². The number of sulfonamides is 1. The van der Waals surface area contributed by atoms with Gasteiger partial charge in [0.1, 0.15) is 6.54 Å². The van der Waals surface area contributed by atoms with Crippen molar-refractivity contribution in [3.05, 3.63) is 89.5 Å². The first-order valence-corrected chi connectivity index (χ1v) is 11.8. The molecule has 1 amide bonds. The predicted octanol–water partition coefficient (Wildman–Crippen LogP) is 4.48. The van der Waals surface area contributed by atoms with Crippen molar-refractivity contribution in [3.8, 4) is 0 Å². The van der Waals surface area contributed by atoms with Crippen LogP contribution < -0.4 is 9.21 Å². The van der Waals surface area contributed by atoms with Gasteiger partial charge in [0.2, 0.25) is 5.91 Å². The summed E-state index contributed by atoms with van der Waals surface area (Å²) in [5, 5.41) is 0. The zero-order valence-corrected chi connectivity index (χ0v) is 18.8. The van der Waals surface area contributed by atoms with Crippen LogP contribution in [0.25, 0.3) is 0 Å². The van der Waals surface area contributed by atoms with Crippen LogP contribution in [0.15, 0.2) is 77.7 Å². The molecule has 6 heteroatoms. The SMILES string of the molecule is Cc1cccc(N(CC(=O)N2c3ccccc3C[C@@H]2C)S(=O)(=O)c2ccccc2)c1C. The number of nitrogens with zero attached hydrogens (tertiary/aromatic N) is 2. The Kier molecular flexibility index (Phi) is 5.58. The molecular weight excluding hydrogens is 408 g/mol. The van der Waals surface area contributed by atoms with Crippen LogP contribution in [0.5, 0.6) is 0 Å². The Labute approximate surface area is 184 Å². The van der Waals surface area contributed by atoms with E-state index in [0.29, 0.717) is 5.69 Å². The minimum absolute atomic E-state index is 0.0233. The van der Waals surface area contributed by atoms with Gasteiger partial charge in [0, 0.05) is 11.7 Å². The van der Waals surface area contributed by atoms with Gasteiger partial charge in [0.15, 0.2) is 0 Å². The highest BCUT2D eigenvalue weighted by molar-refractivity contribution is 7.92. The highest BCUT2D eigenvalue weighted by Crippen LogP contribution is 2.33. The fraction of sp³-hybridized carbons (Fsp3) is 0.240. The maximum Gasteiger partial charge on any atom is 0.264 e. The van der Waals surface area contributed by atoms with E-state index in [1.807, 2.05) is 57.2 Å². The molecule has 1 aliphatic rings. The summed E-state index contributed by atoms with van der Waals surface area (Å²) < 4.78 is 28.5. The lowest BCUT2D eigenvalue weighted by molar-refractivity contribution is -0.117. The molecule has 0 bridgehead atoms. The van der Waals surface area contributed by atoms with Crippen LogP contribution in [0.2, 0.25) is 0 Å². The summed E-state index contributed by atoms with van der Waals surface area (Å²) in [5.41, 5.74) is 4.30. The van der Waals surface area contributed by atoms with Crippen molar-refractivity contribution in [1.82, 2.24) is 0 Å². The van der Waals surface area contributed by atoms with Crippen LogP contribution in [0.1, 0.15) is 23.6 Å². The number of benzene rings is 3. The number of anilines is 2. The average Bonchev–Trinajstić information content (AvgIpc) is 3.10. The van der Waals surface area contributed by atoms with Gasteiger partial charge in [0.25, 0.3) is 10.0 Å². The minimum atomic E-state index is -3.93. The molecule has 31 heavy (non-hydrogen) atoms. The highest BCUT2D eigenvalue weighted by atomic mass is 32.2. The van der Waals surface area contributed by atoms with E-state index in [-0.39, 0.29) is 23.4 Å². The second kappa shape index (κ2) is 8.19. The highest BCUT2D eigenvalue weighted by Gasteiger charge is 2.35. The molecule has 5 nitrogen and oxygen atoms in total. The van der Waals surface area contributed by atoms with E-state index in [1.165, 1.54) is 4.31 Å². The molecule has 0 aliphatic carbocycles. The normalized spacial score (nSPS) is 15.6. The van der Waals surface area contributed by atoms with Crippen LogP contribution >= 0.6 is 0 Å². The number of para-hydroxylation sites is 1. The van der Waals surface area contributed by atoms with Gasteiger partial charge in [-0.3, -0.25) is 9.10 Å². The summed E-state index contributed by atoms with van der Waals surface area (Å²) in [6.45, 7) is 5.55. The Hall–Kier alpha value is -3.12. The van der Waals surface area contributed by atoms with Gasteiger partial charge in [-0.1, -0.05) is 48.5 Å². The van der Waals surface area contributed by atoms with Gasteiger partial charge in [-0.05, 0) is 68.1 Å². The summed E-state index contributed by atoms with van der Waals surface area (Å²) in [7, 11) is -3.93. The quantitative estimate of drug-likeness (QED) is 0.595. The molecule has 0 saturated heterocycles. The topological polar surface area (TPSA) is 57.7 Å². The lowest BCUT2D eigenvalue weighted by atomic mass is 10.1. The molecule has 1 aliphatic heterocycles. The molecule has 0 saturated carbocycles. The second-order valence-corrected chi connectivity index (χ2v) is 9.85. The second-order valence-electron chi connectivity index (χ2n) is 7.99. The van der Waals surface area contributed by atoms with E-state index in [2.05, 4.69) is 0 Å². The smallest absolute Gasteiger partial charge is 0.264 e. The number of fused-ring (bicyclic) bond motifs is 1. The van der Waals surface area contributed by atoms with Crippen LogP contribution in [-0.4, -0.2) is 26.9 Å². The van der Waals surface area contributed by atoms with E-state index in [0.717, 1.165) is 28.8 Å². The van der Waals surface area contributed by atoms with E-state index in [1.54, 1.807) is 41.3 Å². The molecule has 0 N–H and O–H groups in total. The Morgan fingerprint density at radius 3 is 2.39 bits per heavy atom. The van der Waals surface area contributed by atoms with Crippen molar-refractivity contribution < 1.29 is 13.2 Å². The first-order chi connectivity index (χ1) is 14.8. The molecule has 0 radical (unpaired) electrons. The van der Waals surface area contributed by atoms with Crippen molar-refractivity contribution in [3.63, 3.8) is 0 Å². The van der Waals surface area contributed by atoms with Crippen LogP contribution in [0, 0.1) is 13.8 Å². The van der Waals surface area contributed by atoms with E-state index < -0.39 is 10.0 Å². The summed E-state index contributed by atoms with van der Waals surface area (Å²) in [4.78, 5) is 15.4. The van der Waals surface area contributed by atoms with E-state index >= 15 is 0 Å². The summed E-state index contributed by atoms with van der Waals surface area (Å²) in [6.07, 6.45) is 0.761. The average molecular weight is 435 g/mol. The molecule has 0 spiro atoms. The van der Waals surface area contributed by atoms with Gasteiger partial charge in [0.05, 0.1) is 10.6 Å². The first-order valence-electron chi connectivity index (χ1n) is 10.3. The van der Waals surface area contributed by atoms with E-state index in [4.69, 9.17) is 0 Å². The Morgan fingerprint density at radius 2 is 1.65 bits per heavy atom. The Morgan fingerprint density at radius 1 is 0.968 bits per heavy atom. The number of aryl methyl sites for hydroxylation is 1. The fourth-order valence-electron chi connectivity index (χ4n) is 4.17. The molecule has 0 aromatic heterocycles. The number of carbonyl (C=O) groups is 1. The van der Waals surface area contributed by atoms with E-state index in [9.17, 15) is 13.2 Å². The van der Waals surface area contributed by atoms with Gasteiger partial charge in [-0.15, -0.1) is 0 Å². The number of hydrogen-bond donors (Lipinski definition) is 0. The molecule has 3 aromatic rings. The zero-order valence-electron chi connectivity index (χ0n) is 17.9. The van der Waals surface area contributed by atoms with Crippen molar-refractivity contribution in [1.29, 1.82) is 0 Å². The summed E-state index contributed by atoms with van der Waals surface area (Å²) in [6, 6.07) is 21.6. The van der Waals surface area contributed by atoms with Crippen molar-refractivity contribution in [2.45, 2.75) is 38.1 Å². The number of amides is 1. The lowest BCUT2D eigenvalue weighted by Crippen LogP contribution is -2.45. The Balaban J connectivity index is 1.77. The molecule has 3 aromatic carbocycles. The van der Waals surface area contributed by atoms with Crippen molar-refractivity contribution >= 4 is 27.3 Å². The largest absolute Gasteiger partial charge is 0.307 e. The zero-order chi connectivity index (χ0) is 22.2. The fourth-order valence-corrected chi connectivity index (χ4v) is 5.66. The number of rotatable bonds is 5. The van der Waals surface area contributed by atoms with Crippen molar-refractivity contribution in [2.24, 2.45) is 0 Å². The summed E-state index contributed by atoms with van der Waals surface area (Å²) in [5.74, 6) is -0.238. The maximum atomic E-state index is 13.6. The monoisotopic (exact) mass is 434 g/mol. The standard InChI is InChI=1S/C25H26N2O3S/c1-18-10-9-15-23(20(18)3)26(31(29,30)22-12-5-4-6-13-22)17-25(28)27-19(2)16-21-11-7-8-14-24(21)27/h4-15,19H,16-17H2,1-3H3/t19-/m0/s1. The lowest BCUT2D eigenvalue weighted by Gasteiger charge is -2.30. The molecule has 1 heterocycles. The van der Waals surface area contributed by atoms with Gasteiger partial charge >= 0.3 is 0 Å². The maximum absolute atomic E-state index is 13.6. The molecule has 0 unspecified atom stereocenters. The first kappa shape index (κ1) is 21.1. The third kappa shape index (κ3) is 3.83. The number of carbonyl (C=O) groups excluding carboxylic acids is 1. The van der Waals surface area contributed by atoms with Crippen LogP contribution in [0.4, 0.5) is 11.4 Å². The van der Waals surface area contributed by atoms with Crippen LogP contribution in [-0.2, 0) is 21.2 Å². The molecular formula is C25H26N2O3S. The number of hydrogen-bond acceptors (Lipinski definition) is 3. The Bertz CT molecular complexity index is 1220. The molecule has 4 rings (SSSR count). The molecule has 0 fully saturated rings. The van der Waals surface area contributed by atoms with Gasteiger partial charge in [-0.25, -0.2) is 8.42 Å². The molecule has 160 valence electrons. The molecule has 1 atom stereocenters. The van der Waals surface area contributed by atoms with Gasteiger partial charge < -0.3 is 4.90 Å². The van der Waals surface area contributed by atoms with Crippen LogP contribution in [0.3, 0.4) is 0 Å². The van der Waals surface area contributed by atoms with Crippen molar-refractivity contribution in [2.75, 3.05) is 15.7 Å².